The molecule has 2 aromatic heterocycles. The summed E-state index contributed by atoms with van der Waals surface area (Å²) in [5.74, 6) is 1.52. The van der Waals surface area contributed by atoms with Gasteiger partial charge in [0, 0.05) is 18.0 Å². The fourth-order valence-electron chi connectivity index (χ4n) is 4.28. The van der Waals surface area contributed by atoms with E-state index in [1.165, 1.54) is 38.5 Å². The standard InChI is InChI=1S/C17H19NO2.C10H12INO/c19-12-13-7-9-14(10-8-13)16-6-3-11-18-17(16)20-15-4-1-2-5-15;11-9-6-3-7-12-10(9)13-8-4-1-2-5-8/h3,6-11,15,19H,1-2,4-5,12H2;3,6-8H,1-2,4-5H2. The molecule has 33 heavy (non-hydrogen) atoms. The summed E-state index contributed by atoms with van der Waals surface area (Å²) >= 11 is 2.26. The number of benzene rings is 1. The van der Waals surface area contributed by atoms with Gasteiger partial charge in [0.15, 0.2) is 0 Å². The Morgan fingerprint density at radius 1 is 0.758 bits per heavy atom. The molecule has 3 aromatic rings. The van der Waals surface area contributed by atoms with Gasteiger partial charge in [-0.25, -0.2) is 9.97 Å². The van der Waals surface area contributed by atoms with Gasteiger partial charge in [-0.1, -0.05) is 24.3 Å². The number of pyridine rings is 2. The van der Waals surface area contributed by atoms with Crippen LogP contribution in [-0.2, 0) is 6.61 Å². The Hall–Kier alpha value is -2.19. The molecular formula is C27H31IN2O3. The second-order valence-electron chi connectivity index (χ2n) is 8.55. The summed E-state index contributed by atoms with van der Waals surface area (Å²) in [5.41, 5.74) is 3.00. The first kappa shape index (κ1) is 24.0. The molecule has 5 rings (SSSR count). The molecule has 0 aliphatic heterocycles. The van der Waals surface area contributed by atoms with Crippen LogP contribution in [0.25, 0.3) is 11.1 Å². The van der Waals surface area contributed by atoms with E-state index >= 15 is 0 Å². The summed E-state index contributed by atoms with van der Waals surface area (Å²) in [6, 6.07) is 15.8. The normalized spacial score (nSPS) is 16.3. The van der Waals surface area contributed by atoms with Crippen molar-refractivity contribution in [1.82, 2.24) is 9.97 Å². The molecule has 0 saturated heterocycles. The molecule has 2 aliphatic carbocycles. The number of hydrogen-bond donors (Lipinski definition) is 1. The molecule has 2 saturated carbocycles. The summed E-state index contributed by atoms with van der Waals surface area (Å²) in [6.07, 6.45) is 14.0. The maximum atomic E-state index is 9.11. The third-order valence-corrected chi connectivity index (χ3v) is 6.93. The number of ether oxygens (including phenoxy) is 2. The van der Waals surface area contributed by atoms with Gasteiger partial charge in [-0.3, -0.25) is 0 Å². The van der Waals surface area contributed by atoms with Gasteiger partial charge in [-0.15, -0.1) is 0 Å². The molecular weight excluding hydrogens is 527 g/mol. The zero-order valence-corrected chi connectivity index (χ0v) is 21.0. The third-order valence-electron chi connectivity index (χ3n) is 6.10. The Morgan fingerprint density at radius 2 is 1.30 bits per heavy atom. The highest BCUT2D eigenvalue weighted by atomic mass is 127. The molecule has 0 atom stereocenters. The minimum atomic E-state index is 0.0682. The Bertz CT molecular complexity index is 1000. The van der Waals surface area contributed by atoms with E-state index in [2.05, 4.69) is 32.6 Å². The van der Waals surface area contributed by atoms with Crippen LogP contribution < -0.4 is 9.47 Å². The van der Waals surface area contributed by atoms with Crippen LogP contribution in [0, 0.1) is 3.57 Å². The molecule has 6 heteroatoms. The van der Waals surface area contributed by atoms with E-state index in [1.807, 2.05) is 48.5 Å². The van der Waals surface area contributed by atoms with Crippen LogP contribution in [0.15, 0.2) is 60.9 Å². The van der Waals surface area contributed by atoms with Crippen molar-refractivity contribution >= 4 is 22.6 Å². The third kappa shape index (κ3) is 6.90. The summed E-state index contributed by atoms with van der Waals surface area (Å²) in [6.45, 7) is 0.0682. The quantitative estimate of drug-likeness (QED) is 0.347. The van der Waals surface area contributed by atoms with E-state index in [4.69, 9.17) is 14.6 Å². The molecule has 0 bridgehead atoms. The Labute approximate surface area is 209 Å². The van der Waals surface area contributed by atoms with E-state index in [9.17, 15) is 0 Å². The van der Waals surface area contributed by atoms with Crippen molar-refractivity contribution in [2.24, 2.45) is 0 Å². The van der Waals surface area contributed by atoms with Gasteiger partial charge in [0.2, 0.25) is 11.8 Å². The molecule has 174 valence electrons. The van der Waals surface area contributed by atoms with Gasteiger partial charge in [0.05, 0.1) is 10.2 Å². The van der Waals surface area contributed by atoms with Gasteiger partial charge >= 0.3 is 0 Å². The van der Waals surface area contributed by atoms with Gasteiger partial charge in [-0.05, 0) is 109 Å². The topological polar surface area (TPSA) is 64.5 Å². The predicted molar refractivity (Wildman–Crippen MR) is 138 cm³/mol. The number of nitrogens with zero attached hydrogens (tertiary/aromatic N) is 2. The number of aliphatic hydroxyl groups is 1. The highest BCUT2D eigenvalue weighted by molar-refractivity contribution is 14.1. The van der Waals surface area contributed by atoms with Crippen LogP contribution in [0.5, 0.6) is 11.8 Å². The molecule has 2 heterocycles. The Kier molecular flexibility index (Phi) is 8.94. The zero-order chi connectivity index (χ0) is 22.9. The summed E-state index contributed by atoms with van der Waals surface area (Å²) in [7, 11) is 0. The van der Waals surface area contributed by atoms with Crippen molar-refractivity contribution in [1.29, 1.82) is 0 Å². The van der Waals surface area contributed by atoms with Crippen LogP contribution in [0.2, 0.25) is 0 Å². The largest absolute Gasteiger partial charge is 0.474 e. The van der Waals surface area contributed by atoms with Crippen LogP contribution >= 0.6 is 22.6 Å². The van der Waals surface area contributed by atoms with Gasteiger partial charge < -0.3 is 14.6 Å². The predicted octanol–water partition coefficient (Wildman–Crippen LogP) is 6.57. The maximum Gasteiger partial charge on any atom is 0.227 e. The van der Waals surface area contributed by atoms with E-state index in [1.54, 1.807) is 12.4 Å². The average molecular weight is 558 g/mol. The number of aromatic nitrogens is 2. The van der Waals surface area contributed by atoms with Crippen molar-refractivity contribution in [3.05, 3.63) is 70.1 Å². The number of hydrogen-bond acceptors (Lipinski definition) is 5. The molecule has 0 amide bonds. The monoisotopic (exact) mass is 558 g/mol. The first-order valence-corrected chi connectivity index (χ1v) is 12.9. The van der Waals surface area contributed by atoms with Crippen LogP contribution in [0.3, 0.4) is 0 Å². The SMILES string of the molecule is Ic1cccnc1OC1CCCC1.OCc1ccc(-c2cccnc2OC2CCCC2)cc1. The molecule has 0 radical (unpaired) electrons. The second kappa shape index (κ2) is 12.3. The molecule has 1 aromatic carbocycles. The lowest BCUT2D eigenvalue weighted by atomic mass is 10.1. The zero-order valence-electron chi connectivity index (χ0n) is 18.8. The smallest absolute Gasteiger partial charge is 0.227 e. The number of halogens is 1. The first-order chi connectivity index (χ1) is 16.2. The fourth-order valence-corrected chi connectivity index (χ4v) is 4.75. The highest BCUT2D eigenvalue weighted by Gasteiger charge is 2.19. The minimum absolute atomic E-state index is 0.0682. The van der Waals surface area contributed by atoms with Gasteiger partial charge in [0.25, 0.3) is 0 Å². The lowest BCUT2D eigenvalue weighted by Gasteiger charge is -2.15. The first-order valence-electron chi connectivity index (χ1n) is 11.8. The van der Waals surface area contributed by atoms with E-state index in [0.29, 0.717) is 12.2 Å². The average Bonchev–Trinajstić information content (AvgIpc) is 3.56. The van der Waals surface area contributed by atoms with Crippen molar-refractivity contribution in [2.45, 2.75) is 70.2 Å². The Morgan fingerprint density at radius 3 is 1.88 bits per heavy atom. The lowest BCUT2D eigenvalue weighted by Crippen LogP contribution is -2.12. The van der Waals surface area contributed by atoms with Crippen molar-refractivity contribution in [3.63, 3.8) is 0 Å². The highest BCUT2D eigenvalue weighted by Crippen LogP contribution is 2.31. The van der Waals surface area contributed by atoms with Gasteiger partial charge in [0.1, 0.15) is 12.2 Å². The molecule has 1 N–H and O–H groups in total. The molecule has 2 aliphatic rings. The van der Waals surface area contributed by atoms with E-state index < -0.39 is 0 Å². The number of rotatable bonds is 6. The second-order valence-corrected chi connectivity index (χ2v) is 9.71. The molecule has 0 spiro atoms. The molecule has 2 fully saturated rings. The number of aliphatic hydroxyl groups excluding tert-OH is 1. The summed E-state index contributed by atoms with van der Waals surface area (Å²) in [5, 5.41) is 9.11. The van der Waals surface area contributed by atoms with Crippen molar-refractivity contribution in [2.75, 3.05) is 0 Å². The van der Waals surface area contributed by atoms with Crippen LogP contribution in [-0.4, -0.2) is 27.3 Å². The Balaban J connectivity index is 0.000000172. The van der Waals surface area contributed by atoms with Crippen LogP contribution in [0.4, 0.5) is 0 Å². The van der Waals surface area contributed by atoms with E-state index in [0.717, 1.165) is 44.9 Å². The van der Waals surface area contributed by atoms with Gasteiger partial charge in [-0.2, -0.15) is 0 Å². The lowest BCUT2D eigenvalue weighted by molar-refractivity contribution is 0.199. The summed E-state index contributed by atoms with van der Waals surface area (Å²) in [4.78, 5) is 8.60. The van der Waals surface area contributed by atoms with Crippen LogP contribution in [0.1, 0.15) is 56.9 Å². The minimum Gasteiger partial charge on any atom is -0.474 e. The fraction of sp³-hybridized carbons (Fsp3) is 0.407. The van der Waals surface area contributed by atoms with Crippen molar-refractivity contribution < 1.29 is 14.6 Å². The van der Waals surface area contributed by atoms with E-state index in [-0.39, 0.29) is 6.61 Å². The molecule has 5 nitrogen and oxygen atoms in total. The summed E-state index contributed by atoms with van der Waals surface area (Å²) < 4.78 is 12.9. The molecule has 0 unspecified atom stereocenters. The maximum absolute atomic E-state index is 9.11. The van der Waals surface area contributed by atoms with Crippen molar-refractivity contribution in [3.8, 4) is 22.9 Å².